The Labute approximate surface area is 121 Å². The SMILES string of the molecule is [V].[cH-]1[cH-][cH-][cH-][cH-]1.c1ccc(C[c-]2cccc2)cc1. The number of hydrogen-bond acceptors (Lipinski definition) is 0. The third-order valence-electron chi connectivity index (χ3n) is 2.54. The summed E-state index contributed by atoms with van der Waals surface area (Å²) < 4.78 is 0. The maximum Gasteiger partial charge on any atom is 0 e. The van der Waals surface area contributed by atoms with Gasteiger partial charge in [0, 0.05) is 18.6 Å². The van der Waals surface area contributed by atoms with Crippen LogP contribution in [0.15, 0.2) is 84.9 Å². The molecule has 0 aliphatic heterocycles. The molecule has 1 radical (unpaired) electrons. The van der Waals surface area contributed by atoms with Crippen LogP contribution in [0.3, 0.4) is 0 Å². The van der Waals surface area contributed by atoms with Crippen molar-refractivity contribution in [3.05, 3.63) is 96.1 Å². The average molecular weight is 271 g/mol. The molecule has 0 nitrogen and oxygen atoms in total. The van der Waals surface area contributed by atoms with Crippen molar-refractivity contribution in [1.82, 2.24) is 0 Å². The van der Waals surface area contributed by atoms with Gasteiger partial charge in [0.05, 0.1) is 0 Å². The van der Waals surface area contributed by atoms with Crippen molar-refractivity contribution >= 4 is 0 Å². The van der Waals surface area contributed by atoms with Crippen LogP contribution in [0, 0.1) is 0 Å². The van der Waals surface area contributed by atoms with E-state index in [1.165, 1.54) is 11.1 Å². The number of rotatable bonds is 2. The second-order valence-electron chi connectivity index (χ2n) is 3.92. The molecule has 0 fully saturated rings. The minimum atomic E-state index is 0. The van der Waals surface area contributed by atoms with Crippen molar-refractivity contribution in [1.29, 1.82) is 0 Å². The van der Waals surface area contributed by atoms with Crippen molar-refractivity contribution in [3.63, 3.8) is 0 Å². The normalized spacial score (nSPS) is 8.89. The summed E-state index contributed by atoms with van der Waals surface area (Å²) in [6, 6.07) is 29.0. The molecule has 3 aromatic rings. The summed E-state index contributed by atoms with van der Waals surface area (Å²) in [4.78, 5) is 0. The minimum absolute atomic E-state index is 0. The molecule has 18 heavy (non-hydrogen) atoms. The molecular formula is C17H16V-6. The summed E-state index contributed by atoms with van der Waals surface area (Å²) in [5, 5.41) is 0. The predicted molar refractivity (Wildman–Crippen MR) is 73.3 cm³/mol. The first-order chi connectivity index (χ1) is 8.45. The van der Waals surface area contributed by atoms with E-state index in [2.05, 4.69) is 54.6 Å². The molecule has 0 aliphatic carbocycles. The van der Waals surface area contributed by atoms with Gasteiger partial charge < -0.3 is 30.3 Å². The van der Waals surface area contributed by atoms with E-state index in [1.54, 1.807) is 0 Å². The van der Waals surface area contributed by atoms with Crippen LogP contribution in [0.5, 0.6) is 0 Å². The van der Waals surface area contributed by atoms with E-state index < -0.39 is 0 Å². The molecule has 0 saturated heterocycles. The zero-order chi connectivity index (χ0) is 11.8. The second-order valence-corrected chi connectivity index (χ2v) is 3.92. The first-order valence-corrected chi connectivity index (χ1v) is 5.86. The van der Waals surface area contributed by atoms with Crippen LogP contribution < -0.4 is 0 Å². The van der Waals surface area contributed by atoms with Gasteiger partial charge in [0.1, 0.15) is 0 Å². The van der Waals surface area contributed by atoms with E-state index in [4.69, 9.17) is 0 Å². The quantitative estimate of drug-likeness (QED) is 0.606. The van der Waals surface area contributed by atoms with Gasteiger partial charge in [0.2, 0.25) is 0 Å². The fourth-order valence-electron chi connectivity index (χ4n) is 1.68. The molecule has 0 aromatic heterocycles. The first kappa shape index (κ1) is 14.6. The van der Waals surface area contributed by atoms with Crippen molar-refractivity contribution in [3.8, 4) is 0 Å². The number of benzene rings is 1. The summed E-state index contributed by atoms with van der Waals surface area (Å²) in [7, 11) is 0. The fraction of sp³-hybridized carbons (Fsp3) is 0.0588. The molecule has 1 heteroatoms. The monoisotopic (exact) mass is 271 g/mol. The first-order valence-electron chi connectivity index (χ1n) is 5.86. The van der Waals surface area contributed by atoms with Gasteiger partial charge in [0.15, 0.2) is 0 Å². The summed E-state index contributed by atoms with van der Waals surface area (Å²) in [6.45, 7) is 0. The molecule has 0 amide bonds. The molecule has 0 heterocycles. The molecule has 0 unspecified atom stereocenters. The predicted octanol–water partition coefficient (Wildman–Crippen LogP) is 4.40. The standard InChI is InChI=1S/C12H11.C5H5.V/c1-2-6-11(7-3-1)10-12-8-4-5-9-12;1-2-4-5-3-1;/h1-9H,10H2;1-5H;/q-1;-5;. The van der Waals surface area contributed by atoms with Gasteiger partial charge in [-0.3, -0.25) is 0 Å². The van der Waals surface area contributed by atoms with E-state index in [0.717, 1.165) is 6.42 Å². The molecule has 0 atom stereocenters. The van der Waals surface area contributed by atoms with Crippen LogP contribution in [0.1, 0.15) is 11.1 Å². The summed E-state index contributed by atoms with van der Waals surface area (Å²) in [5.74, 6) is 0. The Morgan fingerprint density at radius 2 is 1.22 bits per heavy atom. The maximum atomic E-state index is 2.16. The maximum absolute atomic E-state index is 2.16. The Morgan fingerprint density at radius 1 is 0.722 bits per heavy atom. The minimum Gasteiger partial charge on any atom is -0.748 e. The van der Waals surface area contributed by atoms with Crippen LogP contribution in [-0.4, -0.2) is 0 Å². The smallest absolute Gasteiger partial charge is 0 e. The van der Waals surface area contributed by atoms with Crippen molar-refractivity contribution in [2.45, 2.75) is 6.42 Å². The third-order valence-corrected chi connectivity index (χ3v) is 2.54. The van der Waals surface area contributed by atoms with Gasteiger partial charge in [-0.1, -0.05) is 35.9 Å². The Kier molecular flexibility index (Phi) is 6.94. The summed E-state index contributed by atoms with van der Waals surface area (Å²) in [6.07, 6.45) is 1.05. The Morgan fingerprint density at radius 3 is 1.72 bits per heavy atom. The third kappa shape index (κ3) is 5.22. The van der Waals surface area contributed by atoms with Crippen molar-refractivity contribution in [2.75, 3.05) is 0 Å². The zero-order valence-electron chi connectivity index (χ0n) is 10.2. The zero-order valence-corrected chi connectivity index (χ0v) is 11.6. The number of hydrogen-bond donors (Lipinski definition) is 0. The molecule has 3 aromatic carbocycles. The van der Waals surface area contributed by atoms with Crippen LogP contribution in [-0.2, 0) is 25.0 Å². The molecule has 0 bridgehead atoms. The fourth-order valence-corrected chi connectivity index (χ4v) is 1.68. The van der Waals surface area contributed by atoms with Gasteiger partial charge in [-0.15, -0.1) is 0 Å². The van der Waals surface area contributed by atoms with E-state index in [-0.39, 0.29) is 18.6 Å². The van der Waals surface area contributed by atoms with Gasteiger partial charge in [-0.25, -0.2) is 12.1 Å². The van der Waals surface area contributed by atoms with Crippen molar-refractivity contribution < 1.29 is 18.6 Å². The molecule has 0 aliphatic rings. The van der Waals surface area contributed by atoms with Crippen molar-refractivity contribution in [2.24, 2.45) is 0 Å². The largest absolute Gasteiger partial charge is 0.748 e. The molecule has 3 rings (SSSR count). The molecular weight excluding hydrogens is 255 g/mol. The average Bonchev–Trinajstić information content (AvgIpc) is 3.06. The van der Waals surface area contributed by atoms with Gasteiger partial charge in [-0.05, 0) is 6.42 Å². The molecule has 0 saturated carbocycles. The molecule has 95 valence electrons. The molecule has 0 spiro atoms. The van der Waals surface area contributed by atoms with Crippen LogP contribution in [0.25, 0.3) is 0 Å². The molecule has 0 N–H and O–H groups in total. The van der Waals surface area contributed by atoms with Crippen LogP contribution in [0.2, 0.25) is 0 Å². The van der Waals surface area contributed by atoms with Gasteiger partial charge >= 0.3 is 0 Å². The van der Waals surface area contributed by atoms with Gasteiger partial charge in [0.25, 0.3) is 0 Å². The Balaban J connectivity index is 0.000000230. The second kappa shape index (κ2) is 8.57. The van der Waals surface area contributed by atoms with E-state index in [1.807, 2.05) is 30.3 Å². The van der Waals surface area contributed by atoms with E-state index in [9.17, 15) is 0 Å². The summed E-state index contributed by atoms with van der Waals surface area (Å²) >= 11 is 0. The Hall–Kier alpha value is -1.50. The van der Waals surface area contributed by atoms with E-state index >= 15 is 0 Å². The van der Waals surface area contributed by atoms with Crippen LogP contribution >= 0.6 is 0 Å². The topological polar surface area (TPSA) is 0 Å². The van der Waals surface area contributed by atoms with E-state index in [0.29, 0.717) is 0 Å². The Bertz CT molecular complexity index is 460. The van der Waals surface area contributed by atoms with Gasteiger partial charge in [-0.2, -0.15) is 17.7 Å². The summed E-state index contributed by atoms with van der Waals surface area (Å²) in [5.41, 5.74) is 2.77. The van der Waals surface area contributed by atoms with Crippen LogP contribution in [0.4, 0.5) is 0 Å².